The number of halogens is 2. The van der Waals surface area contributed by atoms with E-state index in [1.165, 1.54) is 12.1 Å². The molecule has 25 heavy (non-hydrogen) atoms. The number of amides is 1. The number of quaternary nitrogens is 1. The lowest BCUT2D eigenvalue weighted by atomic mass is 10.2. The summed E-state index contributed by atoms with van der Waals surface area (Å²) < 4.78 is 24.2. The van der Waals surface area contributed by atoms with Gasteiger partial charge in [0, 0.05) is 10.6 Å². The van der Waals surface area contributed by atoms with Gasteiger partial charge in [-0.2, -0.15) is 0 Å². The van der Waals surface area contributed by atoms with Gasteiger partial charge in [-0.1, -0.05) is 11.6 Å². The average molecular weight is 368 g/mol. The SMILES string of the molecule is COc1ccc(C[NH+](C)CC(=O)Nc2ccc(Cl)cc2F)cc1OC. The average Bonchev–Trinajstić information content (AvgIpc) is 2.57. The Hall–Kier alpha value is -2.31. The van der Waals surface area contributed by atoms with Crippen LogP contribution in [0.15, 0.2) is 36.4 Å². The van der Waals surface area contributed by atoms with Crippen LogP contribution in [0.1, 0.15) is 5.56 Å². The molecule has 0 bridgehead atoms. The van der Waals surface area contributed by atoms with E-state index in [0.717, 1.165) is 16.5 Å². The number of benzene rings is 2. The number of carbonyl (C=O) groups excluding carboxylic acids is 1. The smallest absolute Gasteiger partial charge is 0.279 e. The molecular weight excluding hydrogens is 347 g/mol. The van der Waals surface area contributed by atoms with E-state index in [-0.39, 0.29) is 23.2 Å². The van der Waals surface area contributed by atoms with Gasteiger partial charge in [0.15, 0.2) is 18.0 Å². The number of rotatable bonds is 7. The molecular formula is C18H21ClFN2O3+. The Morgan fingerprint density at radius 1 is 1.16 bits per heavy atom. The van der Waals surface area contributed by atoms with E-state index < -0.39 is 5.82 Å². The monoisotopic (exact) mass is 367 g/mol. The second-order valence-electron chi connectivity index (χ2n) is 5.67. The first kappa shape index (κ1) is 19.0. The van der Waals surface area contributed by atoms with Gasteiger partial charge in [-0.25, -0.2) is 4.39 Å². The number of nitrogens with one attached hydrogen (secondary N) is 2. The summed E-state index contributed by atoms with van der Waals surface area (Å²) in [6, 6.07) is 9.75. The number of hydrogen-bond donors (Lipinski definition) is 2. The molecule has 2 rings (SSSR count). The Morgan fingerprint density at radius 3 is 2.52 bits per heavy atom. The maximum absolute atomic E-state index is 13.7. The number of hydrogen-bond acceptors (Lipinski definition) is 3. The fourth-order valence-corrected chi connectivity index (χ4v) is 2.62. The van der Waals surface area contributed by atoms with Gasteiger partial charge in [0.1, 0.15) is 12.4 Å². The minimum atomic E-state index is -0.557. The van der Waals surface area contributed by atoms with Gasteiger partial charge < -0.3 is 19.7 Å². The first-order chi connectivity index (χ1) is 11.9. The molecule has 2 aromatic carbocycles. The topological polar surface area (TPSA) is 52.0 Å². The minimum absolute atomic E-state index is 0.119. The van der Waals surface area contributed by atoms with Crippen molar-refractivity contribution in [2.75, 3.05) is 33.1 Å². The Morgan fingerprint density at radius 2 is 1.88 bits per heavy atom. The predicted octanol–water partition coefficient (Wildman–Crippen LogP) is 2.15. The molecule has 0 aliphatic rings. The van der Waals surface area contributed by atoms with Gasteiger partial charge in [0.05, 0.1) is 27.0 Å². The molecule has 0 fully saturated rings. The van der Waals surface area contributed by atoms with E-state index in [0.29, 0.717) is 18.0 Å². The van der Waals surface area contributed by atoms with Crippen molar-refractivity contribution in [1.29, 1.82) is 0 Å². The van der Waals surface area contributed by atoms with Crippen LogP contribution in [0.25, 0.3) is 0 Å². The predicted molar refractivity (Wildman–Crippen MR) is 95.0 cm³/mol. The van der Waals surface area contributed by atoms with Crippen LogP contribution < -0.4 is 19.7 Å². The summed E-state index contributed by atoms with van der Waals surface area (Å²) in [5, 5.41) is 2.84. The summed E-state index contributed by atoms with van der Waals surface area (Å²) in [6.07, 6.45) is 0. The molecule has 0 aromatic heterocycles. The third-order valence-corrected chi connectivity index (χ3v) is 3.86. The zero-order valence-electron chi connectivity index (χ0n) is 14.4. The third kappa shape index (κ3) is 5.34. The fourth-order valence-electron chi connectivity index (χ4n) is 2.46. The molecule has 0 radical (unpaired) electrons. The minimum Gasteiger partial charge on any atom is -0.493 e. The number of carbonyl (C=O) groups is 1. The molecule has 0 heterocycles. The lowest BCUT2D eigenvalue weighted by Gasteiger charge is -2.15. The highest BCUT2D eigenvalue weighted by molar-refractivity contribution is 6.30. The van der Waals surface area contributed by atoms with Crippen LogP contribution in [-0.2, 0) is 11.3 Å². The molecule has 134 valence electrons. The molecule has 1 amide bonds. The van der Waals surface area contributed by atoms with Crippen molar-refractivity contribution in [3.05, 3.63) is 52.8 Å². The largest absolute Gasteiger partial charge is 0.493 e. The molecule has 2 N–H and O–H groups in total. The van der Waals surface area contributed by atoms with Crippen LogP contribution in [-0.4, -0.2) is 33.7 Å². The van der Waals surface area contributed by atoms with E-state index in [9.17, 15) is 9.18 Å². The number of likely N-dealkylation sites (N-methyl/N-ethyl adjacent to an activating group) is 1. The molecule has 7 heteroatoms. The second-order valence-corrected chi connectivity index (χ2v) is 6.11. The highest BCUT2D eigenvalue weighted by Crippen LogP contribution is 2.27. The summed E-state index contributed by atoms with van der Waals surface area (Å²) in [5.41, 5.74) is 1.12. The molecule has 0 spiro atoms. The van der Waals surface area contributed by atoms with Crippen molar-refractivity contribution in [1.82, 2.24) is 0 Å². The van der Waals surface area contributed by atoms with Crippen LogP contribution in [0.3, 0.4) is 0 Å². The summed E-state index contributed by atoms with van der Waals surface area (Å²) >= 11 is 5.70. The summed E-state index contributed by atoms with van der Waals surface area (Å²) in [6.45, 7) is 0.799. The Balaban J connectivity index is 1.95. The number of methoxy groups -OCH3 is 2. The second kappa shape index (κ2) is 8.69. The van der Waals surface area contributed by atoms with Crippen molar-refractivity contribution >= 4 is 23.2 Å². The zero-order valence-corrected chi connectivity index (χ0v) is 15.1. The lowest BCUT2D eigenvalue weighted by molar-refractivity contribution is -0.885. The van der Waals surface area contributed by atoms with Gasteiger partial charge in [-0.3, -0.25) is 4.79 Å². The normalized spacial score (nSPS) is 11.7. The Labute approximate surface area is 151 Å². The van der Waals surface area contributed by atoms with Crippen LogP contribution >= 0.6 is 11.6 Å². The fraction of sp³-hybridized carbons (Fsp3) is 0.278. The van der Waals surface area contributed by atoms with Crippen molar-refractivity contribution in [2.45, 2.75) is 6.54 Å². The van der Waals surface area contributed by atoms with Gasteiger partial charge in [0.25, 0.3) is 5.91 Å². The van der Waals surface area contributed by atoms with E-state index in [2.05, 4.69) is 5.32 Å². The lowest BCUT2D eigenvalue weighted by Crippen LogP contribution is -3.08. The maximum atomic E-state index is 13.7. The van der Waals surface area contributed by atoms with Crippen LogP contribution in [0.4, 0.5) is 10.1 Å². The van der Waals surface area contributed by atoms with Crippen LogP contribution in [0.5, 0.6) is 11.5 Å². The molecule has 0 saturated carbocycles. The van der Waals surface area contributed by atoms with Crippen molar-refractivity contribution in [3.63, 3.8) is 0 Å². The summed E-state index contributed by atoms with van der Waals surface area (Å²) in [5.74, 6) is 0.456. The molecule has 0 saturated heterocycles. The molecule has 5 nitrogen and oxygen atoms in total. The van der Waals surface area contributed by atoms with E-state index in [1.807, 2.05) is 25.2 Å². The maximum Gasteiger partial charge on any atom is 0.279 e. The van der Waals surface area contributed by atoms with Crippen molar-refractivity contribution in [2.24, 2.45) is 0 Å². The van der Waals surface area contributed by atoms with Gasteiger partial charge in [-0.15, -0.1) is 0 Å². The van der Waals surface area contributed by atoms with Gasteiger partial charge in [-0.05, 0) is 36.4 Å². The Kier molecular flexibility index (Phi) is 6.61. The highest BCUT2D eigenvalue weighted by Gasteiger charge is 2.14. The van der Waals surface area contributed by atoms with Crippen LogP contribution in [0, 0.1) is 5.82 Å². The molecule has 1 atom stereocenters. The van der Waals surface area contributed by atoms with Gasteiger partial charge >= 0.3 is 0 Å². The first-order valence-corrected chi connectivity index (χ1v) is 8.08. The standard InChI is InChI=1S/C18H20ClFN2O3/c1-22(10-12-4-7-16(24-2)17(8-12)25-3)11-18(23)21-15-6-5-13(19)9-14(15)20/h4-9H,10-11H2,1-3H3,(H,21,23)/p+1. The first-order valence-electron chi connectivity index (χ1n) is 7.70. The van der Waals surface area contributed by atoms with E-state index in [4.69, 9.17) is 21.1 Å². The summed E-state index contributed by atoms with van der Waals surface area (Å²) in [7, 11) is 5.04. The zero-order chi connectivity index (χ0) is 18.4. The molecule has 0 aliphatic carbocycles. The number of ether oxygens (including phenoxy) is 2. The van der Waals surface area contributed by atoms with Crippen molar-refractivity contribution < 1.29 is 23.6 Å². The van der Waals surface area contributed by atoms with Crippen LogP contribution in [0.2, 0.25) is 5.02 Å². The Bertz CT molecular complexity index is 755. The highest BCUT2D eigenvalue weighted by atomic mass is 35.5. The molecule has 2 aromatic rings. The van der Waals surface area contributed by atoms with Crippen molar-refractivity contribution in [3.8, 4) is 11.5 Å². The quantitative estimate of drug-likeness (QED) is 0.788. The van der Waals surface area contributed by atoms with E-state index in [1.54, 1.807) is 14.2 Å². The molecule has 0 aliphatic heterocycles. The van der Waals surface area contributed by atoms with E-state index >= 15 is 0 Å². The summed E-state index contributed by atoms with van der Waals surface area (Å²) in [4.78, 5) is 13.0. The number of anilines is 1. The van der Waals surface area contributed by atoms with Gasteiger partial charge in [0.2, 0.25) is 0 Å². The molecule has 1 unspecified atom stereocenters. The third-order valence-electron chi connectivity index (χ3n) is 3.62.